The number of anilines is 3. The number of methoxy groups -OCH3 is 2. The zero-order valence-corrected chi connectivity index (χ0v) is 13.1. The summed E-state index contributed by atoms with van der Waals surface area (Å²) in [6.07, 6.45) is 2.41. The number of carbonyl (C=O) groups is 1. The van der Waals surface area contributed by atoms with Crippen LogP contribution in [0.1, 0.15) is 16.8 Å². The first-order valence-electron chi connectivity index (χ1n) is 7.11. The lowest BCUT2D eigenvalue weighted by Crippen LogP contribution is -2.08. The molecular weight excluding hydrogens is 298 g/mol. The summed E-state index contributed by atoms with van der Waals surface area (Å²) < 4.78 is 9.68. The van der Waals surface area contributed by atoms with Crippen LogP contribution in [0.3, 0.4) is 0 Å². The lowest BCUT2D eigenvalue weighted by atomic mass is 10.2. The van der Waals surface area contributed by atoms with Crippen LogP contribution in [0, 0.1) is 0 Å². The fourth-order valence-corrected chi connectivity index (χ4v) is 1.85. The van der Waals surface area contributed by atoms with Crippen molar-refractivity contribution in [1.29, 1.82) is 0 Å². The zero-order valence-electron chi connectivity index (χ0n) is 13.1. The van der Waals surface area contributed by atoms with Gasteiger partial charge in [0, 0.05) is 25.9 Å². The summed E-state index contributed by atoms with van der Waals surface area (Å²) in [5.74, 6) is 0.549. The van der Waals surface area contributed by atoms with E-state index in [1.54, 1.807) is 37.6 Å². The van der Waals surface area contributed by atoms with Crippen molar-refractivity contribution < 1.29 is 14.3 Å². The molecule has 0 atom stereocenters. The number of carbonyl (C=O) groups excluding carboxylic acids is 1. The molecule has 1 aromatic carbocycles. The van der Waals surface area contributed by atoms with Crippen LogP contribution < -0.4 is 10.6 Å². The number of nitrogens with one attached hydrogen (secondary N) is 2. The van der Waals surface area contributed by atoms with E-state index in [4.69, 9.17) is 9.47 Å². The molecule has 0 bridgehead atoms. The Morgan fingerprint density at radius 1 is 1.30 bits per heavy atom. The fourth-order valence-electron chi connectivity index (χ4n) is 1.85. The minimum atomic E-state index is -0.402. The van der Waals surface area contributed by atoms with Gasteiger partial charge in [0.2, 0.25) is 5.95 Å². The van der Waals surface area contributed by atoms with Gasteiger partial charge in [0.05, 0.1) is 18.9 Å². The third-order valence-electron chi connectivity index (χ3n) is 2.93. The van der Waals surface area contributed by atoms with Crippen molar-refractivity contribution >= 4 is 23.4 Å². The summed E-state index contributed by atoms with van der Waals surface area (Å²) in [5.41, 5.74) is 1.12. The maximum Gasteiger partial charge on any atom is 0.337 e. The Labute approximate surface area is 134 Å². The number of esters is 1. The van der Waals surface area contributed by atoms with Crippen molar-refractivity contribution in [3.05, 3.63) is 36.0 Å². The van der Waals surface area contributed by atoms with Crippen LogP contribution in [-0.4, -0.2) is 48.5 Å². The summed E-state index contributed by atoms with van der Waals surface area (Å²) in [6, 6.07) is 6.88. The lowest BCUT2D eigenvalue weighted by molar-refractivity contribution is 0.0601. The van der Waals surface area contributed by atoms with Gasteiger partial charge in [0.1, 0.15) is 0 Å². The van der Waals surface area contributed by atoms with Gasteiger partial charge >= 0.3 is 5.97 Å². The van der Waals surface area contributed by atoms with E-state index in [-0.39, 0.29) is 0 Å². The molecule has 0 saturated carbocycles. The van der Waals surface area contributed by atoms with Crippen LogP contribution in [0.4, 0.5) is 17.5 Å². The van der Waals surface area contributed by atoms with Crippen LogP contribution in [0.5, 0.6) is 0 Å². The van der Waals surface area contributed by atoms with E-state index in [9.17, 15) is 4.79 Å². The highest BCUT2D eigenvalue weighted by Crippen LogP contribution is 2.15. The minimum Gasteiger partial charge on any atom is -0.465 e. The van der Waals surface area contributed by atoms with Gasteiger partial charge in [-0.3, -0.25) is 0 Å². The van der Waals surface area contributed by atoms with Gasteiger partial charge in [-0.15, -0.1) is 5.10 Å². The van der Waals surface area contributed by atoms with E-state index in [2.05, 4.69) is 25.8 Å². The second kappa shape index (κ2) is 8.64. The number of aromatic nitrogens is 3. The molecule has 0 aliphatic carbocycles. The summed E-state index contributed by atoms with van der Waals surface area (Å²) in [7, 11) is 3.00. The highest BCUT2D eigenvalue weighted by atomic mass is 16.5. The van der Waals surface area contributed by atoms with Gasteiger partial charge in [-0.1, -0.05) is 6.07 Å². The first kappa shape index (κ1) is 16.6. The first-order valence-corrected chi connectivity index (χ1v) is 7.11. The Balaban J connectivity index is 2.01. The van der Waals surface area contributed by atoms with Crippen LogP contribution in [0.25, 0.3) is 0 Å². The van der Waals surface area contributed by atoms with E-state index in [0.717, 1.165) is 13.0 Å². The van der Waals surface area contributed by atoms with Gasteiger partial charge in [-0.2, -0.15) is 10.1 Å². The van der Waals surface area contributed by atoms with Crippen LogP contribution in [0.2, 0.25) is 0 Å². The van der Waals surface area contributed by atoms with Crippen molar-refractivity contribution in [3.8, 4) is 0 Å². The summed E-state index contributed by atoms with van der Waals surface area (Å²) >= 11 is 0. The fraction of sp³-hybridized carbons (Fsp3) is 0.333. The molecule has 0 unspecified atom stereocenters. The monoisotopic (exact) mass is 317 g/mol. The Hall–Kier alpha value is -2.74. The molecule has 0 radical (unpaired) electrons. The normalized spacial score (nSPS) is 10.2. The molecule has 1 aromatic heterocycles. The van der Waals surface area contributed by atoms with Gasteiger partial charge in [-0.05, 0) is 24.6 Å². The molecule has 2 N–H and O–H groups in total. The molecule has 23 heavy (non-hydrogen) atoms. The number of benzene rings is 1. The summed E-state index contributed by atoms with van der Waals surface area (Å²) in [4.78, 5) is 15.8. The lowest BCUT2D eigenvalue weighted by Gasteiger charge is -2.08. The molecule has 2 rings (SSSR count). The number of hydrogen-bond donors (Lipinski definition) is 2. The Kier molecular flexibility index (Phi) is 6.25. The maximum absolute atomic E-state index is 11.5. The molecular formula is C15H19N5O3. The second-order valence-corrected chi connectivity index (χ2v) is 4.64. The molecule has 8 nitrogen and oxygen atoms in total. The van der Waals surface area contributed by atoms with Gasteiger partial charge in [-0.25, -0.2) is 4.79 Å². The summed E-state index contributed by atoms with van der Waals surface area (Å²) in [6.45, 7) is 1.40. The van der Waals surface area contributed by atoms with Gasteiger partial charge in [0.25, 0.3) is 0 Å². The molecule has 0 fully saturated rings. The largest absolute Gasteiger partial charge is 0.465 e. The van der Waals surface area contributed by atoms with Crippen molar-refractivity contribution in [3.63, 3.8) is 0 Å². The topological polar surface area (TPSA) is 98.3 Å². The molecule has 122 valence electrons. The van der Waals surface area contributed by atoms with Crippen molar-refractivity contribution in [2.24, 2.45) is 0 Å². The third kappa shape index (κ3) is 5.19. The standard InChI is InChI=1S/C15H19N5O3/c1-22-8-4-7-16-13-10-17-20-15(19-13)18-12-6-3-5-11(9-12)14(21)23-2/h3,5-6,9-10H,4,7-8H2,1-2H3,(H2,16,18,19,20). The zero-order chi connectivity index (χ0) is 16.5. The van der Waals surface area contributed by atoms with Crippen molar-refractivity contribution in [2.75, 3.05) is 38.0 Å². The average Bonchev–Trinajstić information content (AvgIpc) is 2.58. The van der Waals surface area contributed by atoms with Crippen LogP contribution >= 0.6 is 0 Å². The maximum atomic E-state index is 11.5. The molecule has 1 heterocycles. The van der Waals surface area contributed by atoms with Gasteiger partial charge < -0.3 is 20.1 Å². The molecule has 0 saturated heterocycles. The molecule has 8 heteroatoms. The van der Waals surface area contributed by atoms with E-state index in [1.807, 2.05) is 0 Å². The Morgan fingerprint density at radius 3 is 2.96 bits per heavy atom. The van der Waals surface area contributed by atoms with Gasteiger partial charge in [0.15, 0.2) is 5.82 Å². The number of nitrogens with zero attached hydrogens (tertiary/aromatic N) is 3. The van der Waals surface area contributed by atoms with Crippen LogP contribution in [-0.2, 0) is 9.47 Å². The molecule has 2 aromatic rings. The summed E-state index contributed by atoms with van der Waals surface area (Å²) in [5, 5.41) is 14.0. The van der Waals surface area contributed by atoms with E-state index >= 15 is 0 Å². The predicted octanol–water partition coefficient (Wildman–Crippen LogP) is 1.85. The quantitative estimate of drug-likeness (QED) is 0.562. The molecule has 0 aliphatic heterocycles. The third-order valence-corrected chi connectivity index (χ3v) is 2.93. The average molecular weight is 317 g/mol. The minimum absolute atomic E-state index is 0.337. The second-order valence-electron chi connectivity index (χ2n) is 4.64. The number of hydrogen-bond acceptors (Lipinski definition) is 8. The first-order chi connectivity index (χ1) is 11.2. The number of rotatable bonds is 8. The van der Waals surface area contributed by atoms with Crippen LogP contribution in [0.15, 0.2) is 30.5 Å². The molecule has 0 aliphatic rings. The Bertz CT molecular complexity index is 651. The smallest absolute Gasteiger partial charge is 0.337 e. The highest BCUT2D eigenvalue weighted by Gasteiger charge is 2.07. The molecule has 0 amide bonds. The number of ether oxygens (including phenoxy) is 2. The van der Waals surface area contributed by atoms with E-state index < -0.39 is 5.97 Å². The molecule has 0 spiro atoms. The Morgan fingerprint density at radius 2 is 2.17 bits per heavy atom. The van der Waals surface area contributed by atoms with Crippen molar-refractivity contribution in [1.82, 2.24) is 15.2 Å². The van der Waals surface area contributed by atoms with Crippen molar-refractivity contribution in [2.45, 2.75) is 6.42 Å². The SMILES string of the molecule is COCCCNc1cnnc(Nc2cccc(C(=O)OC)c2)n1. The van der Waals surface area contributed by atoms with E-state index in [0.29, 0.717) is 29.6 Å². The van der Waals surface area contributed by atoms with E-state index in [1.165, 1.54) is 7.11 Å². The highest BCUT2D eigenvalue weighted by molar-refractivity contribution is 5.90. The predicted molar refractivity (Wildman–Crippen MR) is 85.9 cm³/mol.